The maximum Gasteiger partial charge on any atom is 0.407 e. The molecule has 1 heterocycles. The molecule has 1 spiro atoms. The molecule has 1 aliphatic heterocycles. The summed E-state index contributed by atoms with van der Waals surface area (Å²) in [6.07, 6.45) is -2.55. The van der Waals surface area contributed by atoms with Crippen LogP contribution in [-0.4, -0.2) is 16.6 Å². The van der Waals surface area contributed by atoms with Crippen LogP contribution in [0, 0.1) is 6.57 Å². The zero-order valence-corrected chi connectivity index (χ0v) is 12.0. The Morgan fingerprint density at radius 2 is 2.05 bits per heavy atom. The number of nitrogens with zero attached hydrogens (tertiary/aromatic N) is 2. The fourth-order valence-corrected chi connectivity index (χ4v) is 3.10. The third kappa shape index (κ3) is 2.04. The van der Waals surface area contributed by atoms with E-state index in [-0.39, 0.29) is 16.7 Å². The molecule has 0 atom stereocenters. The topological polar surface area (TPSA) is 36.7 Å². The third-order valence-electron chi connectivity index (χ3n) is 4.03. The van der Waals surface area contributed by atoms with Gasteiger partial charge in [0.15, 0.2) is 10.8 Å². The zero-order chi connectivity index (χ0) is 16.1. The number of nitrogens with one attached hydrogen (secondary N) is 1. The van der Waals surface area contributed by atoms with Crippen LogP contribution >= 0.6 is 12.2 Å². The third-order valence-corrected chi connectivity index (χ3v) is 4.32. The average molecular weight is 325 g/mol. The Bertz CT molecular complexity index is 719. The molecule has 0 radical (unpaired) electrons. The van der Waals surface area contributed by atoms with Gasteiger partial charge in [-0.3, -0.25) is 9.69 Å². The second-order valence-corrected chi connectivity index (χ2v) is 5.70. The molecule has 0 aromatic heterocycles. The van der Waals surface area contributed by atoms with Crippen molar-refractivity contribution in [1.82, 2.24) is 5.32 Å². The molecule has 1 saturated heterocycles. The van der Waals surface area contributed by atoms with E-state index < -0.39 is 23.0 Å². The largest absolute Gasteiger partial charge is 0.407 e. The summed E-state index contributed by atoms with van der Waals surface area (Å²) in [5.74, 6) is -0.326. The predicted molar refractivity (Wildman–Crippen MR) is 77.5 cm³/mol. The van der Waals surface area contributed by atoms with Crippen molar-refractivity contribution in [2.24, 2.45) is 0 Å². The average Bonchev–Trinajstić information content (AvgIpc) is 2.68. The number of thiocarbonyl (C=S) groups is 1. The van der Waals surface area contributed by atoms with Gasteiger partial charge in [0.05, 0.1) is 12.1 Å². The van der Waals surface area contributed by atoms with E-state index in [2.05, 4.69) is 10.2 Å². The zero-order valence-electron chi connectivity index (χ0n) is 11.2. The van der Waals surface area contributed by atoms with E-state index in [9.17, 15) is 18.0 Å². The van der Waals surface area contributed by atoms with E-state index in [4.69, 9.17) is 18.8 Å². The fraction of sp³-hybridized carbons (Fsp3) is 0.357. The number of rotatable bonds is 1. The molecule has 1 aromatic rings. The lowest BCUT2D eigenvalue weighted by Crippen LogP contribution is -2.52. The van der Waals surface area contributed by atoms with Gasteiger partial charge in [-0.25, -0.2) is 4.85 Å². The number of halogens is 3. The number of carbonyl (C=O) groups is 1. The monoisotopic (exact) mass is 325 g/mol. The van der Waals surface area contributed by atoms with Crippen molar-refractivity contribution >= 4 is 34.6 Å². The molecular formula is C14H10F3N3OS. The summed E-state index contributed by atoms with van der Waals surface area (Å²) in [6, 6.07) is 3.18. The van der Waals surface area contributed by atoms with Gasteiger partial charge in [-0.1, -0.05) is 6.07 Å². The second-order valence-electron chi connectivity index (χ2n) is 5.32. The van der Waals surface area contributed by atoms with E-state index in [1.807, 2.05) is 0 Å². The van der Waals surface area contributed by atoms with Crippen molar-refractivity contribution in [3.8, 4) is 0 Å². The Labute approximate surface area is 129 Å². The fourth-order valence-electron chi connectivity index (χ4n) is 2.71. The Hall–Kier alpha value is -2.14. The van der Waals surface area contributed by atoms with Crippen LogP contribution in [0.5, 0.6) is 0 Å². The van der Waals surface area contributed by atoms with Gasteiger partial charge in [-0.2, -0.15) is 13.2 Å². The standard InChI is InChI=1S/C14H10F3N3OS/c1-18-10-4-3-8(7-9(10)14(15,16)17)20-11(21)13(5-2-6-13)19-12(20)22/h3-4,7H,2,5-6H2,(H,19,22). The number of anilines is 1. The molecule has 1 amide bonds. The first-order valence-corrected chi connectivity index (χ1v) is 6.95. The Morgan fingerprint density at radius 1 is 1.36 bits per heavy atom. The van der Waals surface area contributed by atoms with Crippen molar-refractivity contribution in [3.63, 3.8) is 0 Å². The van der Waals surface area contributed by atoms with Crippen LogP contribution in [0.15, 0.2) is 18.2 Å². The normalized spacial score (nSPS) is 19.8. The first-order valence-electron chi connectivity index (χ1n) is 6.54. The van der Waals surface area contributed by atoms with Gasteiger partial charge >= 0.3 is 6.18 Å². The van der Waals surface area contributed by atoms with Crippen LogP contribution < -0.4 is 10.2 Å². The summed E-state index contributed by atoms with van der Waals surface area (Å²) in [4.78, 5) is 16.4. The Morgan fingerprint density at radius 3 is 2.50 bits per heavy atom. The highest BCUT2D eigenvalue weighted by molar-refractivity contribution is 7.80. The van der Waals surface area contributed by atoms with Crippen molar-refractivity contribution in [3.05, 3.63) is 35.2 Å². The lowest BCUT2D eigenvalue weighted by atomic mass is 9.77. The number of hydrogen-bond donors (Lipinski definition) is 1. The maximum absolute atomic E-state index is 13.0. The van der Waals surface area contributed by atoms with E-state index in [1.165, 1.54) is 6.07 Å². The van der Waals surface area contributed by atoms with Crippen LogP contribution in [0.1, 0.15) is 24.8 Å². The van der Waals surface area contributed by atoms with E-state index in [0.29, 0.717) is 12.8 Å². The molecule has 0 bridgehead atoms. The first kappa shape index (κ1) is 14.8. The van der Waals surface area contributed by atoms with E-state index in [0.717, 1.165) is 23.5 Å². The lowest BCUT2D eigenvalue weighted by Gasteiger charge is -2.35. The molecule has 114 valence electrons. The number of benzene rings is 1. The van der Waals surface area contributed by atoms with Crippen molar-refractivity contribution < 1.29 is 18.0 Å². The highest BCUT2D eigenvalue weighted by Gasteiger charge is 2.53. The quantitative estimate of drug-likeness (QED) is 0.635. The first-order chi connectivity index (χ1) is 10.3. The Balaban J connectivity index is 2.04. The molecule has 4 nitrogen and oxygen atoms in total. The molecule has 0 unspecified atom stereocenters. The van der Waals surface area contributed by atoms with Gasteiger partial charge in [-0.05, 0) is 43.6 Å². The van der Waals surface area contributed by atoms with Gasteiger partial charge in [0.1, 0.15) is 5.54 Å². The molecule has 3 rings (SSSR count). The van der Waals surface area contributed by atoms with Crippen LogP contribution in [0.2, 0.25) is 0 Å². The van der Waals surface area contributed by atoms with Gasteiger partial charge < -0.3 is 5.32 Å². The summed E-state index contributed by atoms with van der Waals surface area (Å²) in [6.45, 7) is 6.83. The van der Waals surface area contributed by atoms with Gasteiger partial charge in [0.25, 0.3) is 5.91 Å². The smallest absolute Gasteiger partial charge is 0.348 e. The number of alkyl halides is 3. The molecule has 8 heteroatoms. The summed E-state index contributed by atoms with van der Waals surface area (Å²) < 4.78 is 39.1. The maximum atomic E-state index is 13.0. The van der Waals surface area contributed by atoms with Gasteiger partial charge in [-0.15, -0.1) is 0 Å². The molecule has 1 N–H and O–H groups in total. The van der Waals surface area contributed by atoms with Crippen LogP contribution in [0.3, 0.4) is 0 Å². The lowest BCUT2D eigenvalue weighted by molar-refractivity contribution is -0.137. The molecule has 2 fully saturated rings. The van der Waals surface area contributed by atoms with Crippen LogP contribution in [0.25, 0.3) is 4.85 Å². The van der Waals surface area contributed by atoms with Crippen molar-refractivity contribution in [2.45, 2.75) is 31.0 Å². The van der Waals surface area contributed by atoms with E-state index in [1.54, 1.807) is 0 Å². The van der Waals surface area contributed by atoms with Crippen LogP contribution in [0.4, 0.5) is 24.5 Å². The summed E-state index contributed by atoms with van der Waals surface area (Å²) in [7, 11) is 0. The number of amides is 1. The van der Waals surface area contributed by atoms with Crippen molar-refractivity contribution in [2.75, 3.05) is 4.90 Å². The van der Waals surface area contributed by atoms with Crippen LogP contribution in [-0.2, 0) is 11.0 Å². The summed E-state index contributed by atoms with van der Waals surface area (Å²) in [5.41, 5.74) is -2.29. The summed E-state index contributed by atoms with van der Waals surface area (Å²) in [5, 5.41) is 3.02. The minimum absolute atomic E-state index is 0.0333. The minimum Gasteiger partial charge on any atom is -0.348 e. The highest BCUT2D eigenvalue weighted by Crippen LogP contribution is 2.42. The Kier molecular flexibility index (Phi) is 3.14. The SMILES string of the molecule is [C-]#[N+]c1ccc(N2C(=O)C3(CCC3)NC2=S)cc1C(F)(F)F. The molecule has 1 saturated carbocycles. The summed E-state index contributed by atoms with van der Waals surface area (Å²) >= 11 is 5.10. The number of carbonyl (C=O) groups excluding carboxylic acids is 1. The molecular weight excluding hydrogens is 315 g/mol. The molecule has 1 aromatic carbocycles. The van der Waals surface area contributed by atoms with Gasteiger partial charge in [0, 0.05) is 5.69 Å². The number of hydrogen-bond acceptors (Lipinski definition) is 2. The highest BCUT2D eigenvalue weighted by atomic mass is 32.1. The molecule has 1 aliphatic carbocycles. The second kappa shape index (κ2) is 4.68. The molecule has 22 heavy (non-hydrogen) atoms. The predicted octanol–water partition coefficient (Wildman–Crippen LogP) is 3.40. The molecule has 2 aliphatic rings. The van der Waals surface area contributed by atoms with E-state index >= 15 is 0 Å². The minimum atomic E-state index is -4.66. The van der Waals surface area contributed by atoms with Crippen molar-refractivity contribution in [1.29, 1.82) is 0 Å². The van der Waals surface area contributed by atoms with Gasteiger partial charge in [0.2, 0.25) is 0 Å².